The van der Waals surface area contributed by atoms with E-state index in [0.717, 1.165) is 41.5 Å². The zero-order valence-corrected chi connectivity index (χ0v) is 17.7. The highest BCUT2D eigenvalue weighted by Gasteiger charge is 2.36. The number of amides is 2. The van der Waals surface area contributed by atoms with Gasteiger partial charge in [-0.2, -0.15) is 5.10 Å². The molecule has 1 aliphatic heterocycles. The van der Waals surface area contributed by atoms with Crippen molar-refractivity contribution >= 4 is 21.6 Å². The number of alkyl halides is 1. The van der Waals surface area contributed by atoms with Gasteiger partial charge >= 0.3 is 6.03 Å². The van der Waals surface area contributed by atoms with Gasteiger partial charge in [-0.3, -0.25) is 0 Å². The van der Waals surface area contributed by atoms with Crippen molar-refractivity contribution in [1.82, 2.24) is 9.78 Å². The SMILES string of the molecule is CC1(C)Cn2ncc([S@](N)(=O)=NC(=O)Nc3c4c(cc5c3C[C@H](F)C5)CCC4)c2O1. The summed E-state index contributed by atoms with van der Waals surface area (Å²) in [4.78, 5) is 12.8. The number of fused-ring (bicyclic) bond motifs is 3. The maximum Gasteiger partial charge on any atom is 0.354 e. The zero-order chi connectivity index (χ0) is 21.3. The number of carbonyl (C=O) groups is 1. The number of ether oxygens (including phenoxy) is 1. The Hall–Kier alpha value is -2.46. The van der Waals surface area contributed by atoms with Crippen molar-refractivity contribution < 1.29 is 18.1 Å². The normalized spacial score (nSPS) is 22.6. The smallest absolute Gasteiger partial charge is 0.354 e. The number of aryl methyl sites for hydroxylation is 1. The van der Waals surface area contributed by atoms with Crippen molar-refractivity contribution in [3.05, 3.63) is 34.5 Å². The van der Waals surface area contributed by atoms with Gasteiger partial charge in [0.25, 0.3) is 0 Å². The fourth-order valence-electron chi connectivity index (χ4n) is 4.68. The average Bonchev–Trinajstić information content (AvgIpc) is 3.36. The van der Waals surface area contributed by atoms with E-state index in [4.69, 9.17) is 9.88 Å². The molecule has 2 aliphatic carbocycles. The minimum Gasteiger partial charge on any atom is -0.469 e. The van der Waals surface area contributed by atoms with Crippen molar-refractivity contribution in [1.29, 1.82) is 0 Å². The number of nitrogens with one attached hydrogen (secondary N) is 1. The number of aromatic nitrogens is 2. The van der Waals surface area contributed by atoms with Crippen molar-refractivity contribution in [3.63, 3.8) is 0 Å². The highest BCUT2D eigenvalue weighted by atomic mass is 32.2. The number of halogens is 1. The quantitative estimate of drug-likeness (QED) is 0.758. The van der Waals surface area contributed by atoms with Crippen LogP contribution in [0.1, 0.15) is 42.5 Å². The first-order valence-electron chi connectivity index (χ1n) is 10.0. The number of urea groups is 1. The van der Waals surface area contributed by atoms with Crippen LogP contribution in [0.4, 0.5) is 14.9 Å². The molecule has 2 heterocycles. The first-order chi connectivity index (χ1) is 14.1. The Morgan fingerprint density at radius 1 is 1.37 bits per heavy atom. The van der Waals surface area contributed by atoms with Crippen LogP contribution in [0, 0.1) is 0 Å². The minimum absolute atomic E-state index is 0.0931. The summed E-state index contributed by atoms with van der Waals surface area (Å²) < 4.78 is 38.3. The van der Waals surface area contributed by atoms with Crippen LogP contribution in [-0.4, -0.2) is 31.8 Å². The van der Waals surface area contributed by atoms with Crippen molar-refractivity contribution in [2.45, 2.75) is 69.2 Å². The Morgan fingerprint density at radius 3 is 2.97 bits per heavy atom. The molecular weight excluding hydrogens is 409 g/mol. The second-order valence-corrected chi connectivity index (χ2v) is 10.6. The number of anilines is 1. The van der Waals surface area contributed by atoms with Crippen molar-refractivity contribution in [2.24, 2.45) is 9.50 Å². The lowest BCUT2D eigenvalue weighted by molar-refractivity contribution is 0.132. The van der Waals surface area contributed by atoms with E-state index < -0.39 is 27.7 Å². The molecule has 0 saturated heterocycles. The van der Waals surface area contributed by atoms with Crippen LogP contribution >= 0.6 is 0 Å². The fraction of sp³-hybridized carbons (Fsp3) is 0.500. The molecule has 2 amide bonds. The minimum atomic E-state index is -3.57. The molecule has 0 unspecified atom stereocenters. The predicted molar refractivity (Wildman–Crippen MR) is 110 cm³/mol. The number of benzene rings is 1. The van der Waals surface area contributed by atoms with Gasteiger partial charge in [0.15, 0.2) is 9.92 Å². The fourth-order valence-corrected chi connectivity index (χ4v) is 5.67. The zero-order valence-electron chi connectivity index (χ0n) is 16.9. The molecule has 160 valence electrons. The summed E-state index contributed by atoms with van der Waals surface area (Å²) >= 11 is 0. The molecule has 30 heavy (non-hydrogen) atoms. The average molecular weight is 434 g/mol. The lowest BCUT2D eigenvalue weighted by atomic mass is 9.99. The van der Waals surface area contributed by atoms with E-state index in [9.17, 15) is 13.4 Å². The van der Waals surface area contributed by atoms with E-state index in [0.29, 0.717) is 18.7 Å². The lowest BCUT2D eigenvalue weighted by Gasteiger charge is -2.16. The van der Waals surface area contributed by atoms with E-state index in [1.165, 1.54) is 6.20 Å². The first-order valence-corrected chi connectivity index (χ1v) is 11.6. The molecule has 3 aliphatic rings. The third kappa shape index (κ3) is 3.18. The number of hydrogen-bond acceptors (Lipinski definition) is 4. The Bertz CT molecular complexity index is 1200. The molecule has 5 rings (SSSR count). The number of hydrogen-bond donors (Lipinski definition) is 2. The van der Waals surface area contributed by atoms with E-state index >= 15 is 0 Å². The van der Waals surface area contributed by atoms with Gasteiger partial charge in [0.05, 0.1) is 12.7 Å². The van der Waals surface area contributed by atoms with Crippen LogP contribution in [0.5, 0.6) is 5.88 Å². The number of nitrogens with two attached hydrogens (primary N) is 1. The van der Waals surface area contributed by atoms with Crippen LogP contribution in [0.15, 0.2) is 21.5 Å². The molecular formula is C20H24FN5O3S. The molecule has 10 heteroatoms. The summed E-state index contributed by atoms with van der Waals surface area (Å²) in [7, 11) is -3.57. The molecule has 0 fully saturated rings. The van der Waals surface area contributed by atoms with Crippen LogP contribution < -0.4 is 15.2 Å². The standard InChI is InChI=1S/C20H24FN5O3S/c1-20(2)10-26-18(29-20)16(9-23-26)30(22,28)25-19(27)24-17-14-5-3-4-11(14)6-12-7-13(21)8-15(12)17/h6,9,13H,3-5,7-8,10H2,1-2H3,(H3,22,24,25,27,28)/t13-,30-/m1/s1. The van der Waals surface area contributed by atoms with Crippen LogP contribution in [-0.2, 0) is 42.1 Å². The van der Waals surface area contributed by atoms with Gasteiger partial charge in [-0.25, -0.2) is 23.2 Å². The summed E-state index contributed by atoms with van der Waals surface area (Å²) in [6, 6.07) is 1.25. The molecule has 0 spiro atoms. The third-order valence-electron chi connectivity index (χ3n) is 5.90. The summed E-state index contributed by atoms with van der Waals surface area (Å²) in [5.41, 5.74) is 4.00. The van der Waals surface area contributed by atoms with E-state index in [1.54, 1.807) is 4.68 Å². The van der Waals surface area contributed by atoms with Gasteiger partial charge in [-0.1, -0.05) is 6.07 Å². The second-order valence-electron chi connectivity index (χ2n) is 8.81. The molecule has 0 saturated carbocycles. The maximum atomic E-state index is 14.0. The summed E-state index contributed by atoms with van der Waals surface area (Å²) in [6.45, 7) is 4.24. The number of nitrogens with zero attached hydrogens (tertiary/aromatic N) is 3. The third-order valence-corrected chi connectivity index (χ3v) is 7.24. The molecule has 2 aromatic rings. The topological polar surface area (TPSA) is 112 Å². The van der Waals surface area contributed by atoms with E-state index in [2.05, 4.69) is 20.8 Å². The number of rotatable bonds is 2. The number of carbonyl (C=O) groups excluding carboxylic acids is 1. The van der Waals surface area contributed by atoms with E-state index in [-0.39, 0.29) is 17.2 Å². The Balaban J connectivity index is 1.48. The largest absolute Gasteiger partial charge is 0.469 e. The first kappa shape index (κ1) is 19.5. The van der Waals surface area contributed by atoms with Gasteiger partial charge in [0.2, 0.25) is 5.88 Å². The molecule has 1 aromatic carbocycles. The van der Waals surface area contributed by atoms with Gasteiger partial charge in [-0.05, 0) is 55.4 Å². The molecule has 1 aromatic heterocycles. The summed E-state index contributed by atoms with van der Waals surface area (Å²) in [5.74, 6) is 0.269. The molecule has 0 bridgehead atoms. The van der Waals surface area contributed by atoms with Gasteiger partial charge in [0.1, 0.15) is 16.7 Å². The highest BCUT2D eigenvalue weighted by Crippen LogP contribution is 2.39. The van der Waals surface area contributed by atoms with Gasteiger partial charge in [0, 0.05) is 18.5 Å². The predicted octanol–water partition coefficient (Wildman–Crippen LogP) is 2.91. The van der Waals surface area contributed by atoms with Gasteiger partial charge in [-0.15, -0.1) is 4.36 Å². The molecule has 2 atom stereocenters. The van der Waals surface area contributed by atoms with Gasteiger partial charge < -0.3 is 10.1 Å². The maximum absolute atomic E-state index is 14.0. The molecule has 8 nitrogen and oxygen atoms in total. The Morgan fingerprint density at radius 2 is 2.17 bits per heavy atom. The Kier molecular flexibility index (Phi) is 4.24. The summed E-state index contributed by atoms with van der Waals surface area (Å²) in [6.07, 6.45) is 3.69. The van der Waals surface area contributed by atoms with Crippen LogP contribution in [0.25, 0.3) is 0 Å². The second kappa shape index (κ2) is 6.52. The monoisotopic (exact) mass is 433 g/mol. The molecule has 3 N–H and O–H groups in total. The lowest BCUT2D eigenvalue weighted by Crippen LogP contribution is -2.27. The van der Waals surface area contributed by atoms with Crippen LogP contribution in [0.3, 0.4) is 0 Å². The van der Waals surface area contributed by atoms with Crippen molar-refractivity contribution in [3.8, 4) is 5.88 Å². The van der Waals surface area contributed by atoms with Crippen LogP contribution in [0.2, 0.25) is 0 Å². The van der Waals surface area contributed by atoms with Crippen molar-refractivity contribution in [2.75, 3.05) is 5.32 Å². The van der Waals surface area contributed by atoms with E-state index in [1.807, 2.05) is 13.8 Å². The summed E-state index contributed by atoms with van der Waals surface area (Å²) in [5, 5.41) is 12.9. The highest BCUT2D eigenvalue weighted by molar-refractivity contribution is 7.91. The Labute approximate surface area is 174 Å². The molecule has 0 radical (unpaired) electrons.